The third-order valence-corrected chi connectivity index (χ3v) is 5.22. The lowest BCUT2D eigenvalue weighted by Crippen LogP contribution is -2.49. The quantitative estimate of drug-likeness (QED) is 0.562. The number of nitrogens with zero attached hydrogens (tertiary/aromatic N) is 5. The molecule has 0 N–H and O–H groups in total. The largest absolute Gasteiger partial charge is 0.435 e. The maximum Gasteiger partial charge on any atom is 0.435 e. The number of anilines is 1. The Kier molecular flexibility index (Phi) is 5.57. The van der Waals surface area contributed by atoms with Gasteiger partial charge >= 0.3 is 6.18 Å². The van der Waals surface area contributed by atoms with Crippen molar-refractivity contribution in [2.24, 2.45) is 0 Å². The molecule has 0 spiro atoms. The number of hydrogen-bond acceptors (Lipinski definition) is 4. The summed E-state index contributed by atoms with van der Waals surface area (Å²) in [6.07, 6.45) is -4.88. The molecule has 1 aliphatic heterocycles. The Labute approximate surface area is 179 Å². The highest BCUT2D eigenvalue weighted by molar-refractivity contribution is 6.30. The Morgan fingerprint density at radius 1 is 0.903 bits per heavy atom. The van der Waals surface area contributed by atoms with E-state index in [0.29, 0.717) is 22.8 Å². The second kappa shape index (κ2) is 8.18. The van der Waals surface area contributed by atoms with Crippen LogP contribution in [0.3, 0.4) is 0 Å². The van der Waals surface area contributed by atoms with Gasteiger partial charge in [-0.2, -0.15) is 13.2 Å². The van der Waals surface area contributed by atoms with Crippen molar-refractivity contribution in [3.8, 4) is 5.69 Å². The highest BCUT2D eigenvalue weighted by atomic mass is 35.5. The lowest BCUT2D eigenvalue weighted by Gasteiger charge is -2.36. The number of carbonyl (C=O) groups excluding carboxylic acids is 1. The van der Waals surface area contributed by atoms with Crippen LogP contribution < -0.4 is 4.90 Å². The summed E-state index contributed by atoms with van der Waals surface area (Å²) in [5, 5.41) is 7.64. The molecule has 1 amide bonds. The maximum atomic E-state index is 13.8. The topological polar surface area (TPSA) is 54.3 Å². The summed E-state index contributed by atoms with van der Waals surface area (Å²) in [7, 11) is 0. The van der Waals surface area contributed by atoms with Crippen LogP contribution in [0.5, 0.6) is 0 Å². The van der Waals surface area contributed by atoms with Crippen molar-refractivity contribution in [3.63, 3.8) is 0 Å². The summed E-state index contributed by atoms with van der Waals surface area (Å²) in [5.41, 5.74) is -1.21. The first kappa shape index (κ1) is 21.1. The zero-order valence-corrected chi connectivity index (χ0v) is 16.7. The van der Waals surface area contributed by atoms with Gasteiger partial charge in [-0.1, -0.05) is 16.8 Å². The molecule has 0 unspecified atom stereocenters. The molecule has 2 heterocycles. The lowest BCUT2D eigenvalue weighted by molar-refractivity contribution is -0.143. The van der Waals surface area contributed by atoms with Gasteiger partial charge in [-0.15, -0.1) is 5.10 Å². The average Bonchev–Trinajstić information content (AvgIpc) is 3.20. The van der Waals surface area contributed by atoms with E-state index >= 15 is 0 Å². The minimum absolute atomic E-state index is 0.0483. The molecule has 0 aliphatic carbocycles. The molecule has 0 bridgehead atoms. The van der Waals surface area contributed by atoms with E-state index in [9.17, 15) is 22.4 Å². The molecule has 162 valence electrons. The smallest absolute Gasteiger partial charge is 0.368 e. The van der Waals surface area contributed by atoms with Crippen LogP contribution in [-0.2, 0) is 6.18 Å². The molecule has 31 heavy (non-hydrogen) atoms. The van der Waals surface area contributed by atoms with Crippen LogP contribution in [0.25, 0.3) is 5.69 Å². The van der Waals surface area contributed by atoms with Crippen LogP contribution in [0.1, 0.15) is 16.2 Å². The first-order valence-electron chi connectivity index (χ1n) is 9.32. The second-order valence-electron chi connectivity index (χ2n) is 6.93. The maximum absolute atomic E-state index is 13.8. The van der Waals surface area contributed by atoms with Gasteiger partial charge in [-0.3, -0.25) is 4.79 Å². The fourth-order valence-corrected chi connectivity index (χ4v) is 3.54. The molecule has 1 aliphatic rings. The van der Waals surface area contributed by atoms with E-state index in [1.54, 1.807) is 12.1 Å². The zero-order valence-electron chi connectivity index (χ0n) is 16.0. The van der Waals surface area contributed by atoms with Gasteiger partial charge in [0.05, 0.1) is 5.69 Å². The van der Waals surface area contributed by atoms with Crippen molar-refractivity contribution >= 4 is 23.2 Å². The Hall–Kier alpha value is -3.14. The van der Waals surface area contributed by atoms with Gasteiger partial charge in [0, 0.05) is 36.9 Å². The highest BCUT2D eigenvalue weighted by Crippen LogP contribution is 2.33. The Balaban J connectivity index is 1.56. The SMILES string of the molecule is O=C(c1nnn(-c2ccc(F)cc2)c1C(F)(F)F)N1CCN(c2ccc(Cl)cc2)CC1. The summed E-state index contributed by atoms with van der Waals surface area (Å²) >= 11 is 5.89. The summed E-state index contributed by atoms with van der Waals surface area (Å²) in [6.45, 7) is 1.34. The number of halogens is 5. The van der Waals surface area contributed by atoms with Crippen LogP contribution in [0, 0.1) is 5.82 Å². The number of hydrogen-bond donors (Lipinski definition) is 0. The third kappa shape index (κ3) is 4.34. The van der Waals surface area contributed by atoms with Gasteiger partial charge in [0.25, 0.3) is 5.91 Å². The molecule has 0 radical (unpaired) electrons. The zero-order chi connectivity index (χ0) is 22.2. The molecule has 1 fully saturated rings. The standard InChI is InChI=1S/C20H16ClF4N5O/c21-13-1-5-15(6-2-13)28-9-11-29(12-10-28)19(31)17-18(20(23,24)25)30(27-26-17)16-7-3-14(22)4-8-16/h1-8H,9-12H2. The fraction of sp³-hybridized carbons (Fsp3) is 0.250. The van der Waals surface area contributed by atoms with Crippen LogP contribution in [-0.4, -0.2) is 52.0 Å². The van der Waals surface area contributed by atoms with E-state index in [1.165, 1.54) is 4.90 Å². The molecular formula is C20H16ClF4N5O. The van der Waals surface area contributed by atoms with Crippen LogP contribution in [0.2, 0.25) is 5.02 Å². The van der Waals surface area contributed by atoms with Crippen LogP contribution in [0.4, 0.5) is 23.2 Å². The van der Waals surface area contributed by atoms with Crippen molar-refractivity contribution in [1.82, 2.24) is 19.9 Å². The Bertz CT molecular complexity index is 1070. The molecular weight excluding hydrogens is 438 g/mol. The molecule has 1 aromatic heterocycles. The number of benzene rings is 2. The van der Waals surface area contributed by atoms with Gasteiger partial charge in [0.2, 0.25) is 0 Å². The van der Waals surface area contributed by atoms with E-state index < -0.39 is 29.3 Å². The first-order valence-corrected chi connectivity index (χ1v) is 9.70. The average molecular weight is 454 g/mol. The number of rotatable bonds is 3. The minimum Gasteiger partial charge on any atom is -0.368 e. The van der Waals surface area contributed by atoms with Crippen LogP contribution in [0.15, 0.2) is 48.5 Å². The summed E-state index contributed by atoms with van der Waals surface area (Å²) in [6, 6.07) is 11.5. The van der Waals surface area contributed by atoms with E-state index in [0.717, 1.165) is 30.0 Å². The number of carbonyl (C=O) groups is 1. The molecule has 0 saturated carbocycles. The van der Waals surface area contributed by atoms with Crippen molar-refractivity contribution in [1.29, 1.82) is 0 Å². The van der Waals surface area contributed by atoms with Gasteiger partial charge in [0.15, 0.2) is 11.4 Å². The van der Waals surface area contributed by atoms with Crippen molar-refractivity contribution < 1.29 is 22.4 Å². The Morgan fingerprint density at radius 3 is 2.06 bits per heavy atom. The predicted octanol–water partition coefficient (Wildman–Crippen LogP) is 4.04. The predicted molar refractivity (Wildman–Crippen MR) is 106 cm³/mol. The molecule has 2 aromatic carbocycles. The summed E-state index contributed by atoms with van der Waals surface area (Å²) in [4.78, 5) is 16.2. The van der Waals surface area contributed by atoms with Crippen molar-refractivity contribution in [2.45, 2.75) is 6.18 Å². The van der Waals surface area contributed by atoms with Gasteiger partial charge in [-0.05, 0) is 48.5 Å². The number of amides is 1. The minimum atomic E-state index is -4.88. The van der Waals surface area contributed by atoms with E-state index in [4.69, 9.17) is 11.6 Å². The first-order chi connectivity index (χ1) is 14.7. The van der Waals surface area contributed by atoms with Crippen molar-refractivity contribution in [3.05, 3.63) is 70.8 Å². The number of aromatic nitrogens is 3. The molecule has 6 nitrogen and oxygen atoms in total. The summed E-state index contributed by atoms with van der Waals surface area (Å²) < 4.78 is 55.0. The van der Waals surface area contributed by atoms with Gasteiger partial charge in [-0.25, -0.2) is 9.07 Å². The molecule has 1 saturated heterocycles. The monoisotopic (exact) mass is 453 g/mol. The summed E-state index contributed by atoms with van der Waals surface area (Å²) in [5.74, 6) is -1.45. The number of piperazine rings is 1. The van der Waals surface area contributed by atoms with Gasteiger partial charge < -0.3 is 9.80 Å². The molecule has 3 aromatic rings. The third-order valence-electron chi connectivity index (χ3n) is 4.97. The molecule has 0 atom stereocenters. The van der Waals surface area contributed by atoms with Gasteiger partial charge in [0.1, 0.15) is 5.82 Å². The molecule has 4 rings (SSSR count). The Morgan fingerprint density at radius 2 is 1.48 bits per heavy atom. The second-order valence-corrected chi connectivity index (χ2v) is 7.36. The number of alkyl halides is 3. The molecule has 11 heteroatoms. The van der Waals surface area contributed by atoms with Crippen molar-refractivity contribution in [2.75, 3.05) is 31.1 Å². The lowest BCUT2D eigenvalue weighted by atomic mass is 10.2. The van der Waals surface area contributed by atoms with E-state index in [-0.39, 0.29) is 18.8 Å². The van der Waals surface area contributed by atoms with E-state index in [1.807, 2.05) is 17.0 Å². The highest BCUT2D eigenvalue weighted by Gasteiger charge is 2.43. The fourth-order valence-electron chi connectivity index (χ4n) is 3.41. The van der Waals surface area contributed by atoms with E-state index in [2.05, 4.69) is 10.3 Å². The van der Waals surface area contributed by atoms with Crippen LogP contribution >= 0.6 is 11.6 Å². The normalized spacial score (nSPS) is 14.7.